The van der Waals surface area contributed by atoms with Crippen LogP contribution in [-0.2, 0) is 14.8 Å². The predicted octanol–water partition coefficient (Wildman–Crippen LogP) is 2.51. The average molecular weight is 406 g/mol. The van der Waals surface area contributed by atoms with E-state index in [9.17, 15) is 13.2 Å². The van der Waals surface area contributed by atoms with Crippen LogP contribution in [0.5, 0.6) is 17.2 Å². The lowest BCUT2D eigenvalue weighted by Gasteiger charge is -2.12. The van der Waals surface area contributed by atoms with Crippen LogP contribution in [0.3, 0.4) is 0 Å². The molecule has 0 saturated heterocycles. The lowest BCUT2D eigenvalue weighted by molar-refractivity contribution is -0.118. The van der Waals surface area contributed by atoms with Gasteiger partial charge >= 0.3 is 0 Å². The molecule has 1 aliphatic rings. The first-order valence-electron chi connectivity index (χ1n) is 8.82. The van der Waals surface area contributed by atoms with E-state index in [4.69, 9.17) is 14.2 Å². The maximum absolute atomic E-state index is 12.2. The number of anilines is 1. The van der Waals surface area contributed by atoms with Crippen LogP contribution < -0.4 is 24.2 Å². The lowest BCUT2D eigenvalue weighted by Crippen LogP contribution is -2.31. The highest BCUT2D eigenvalue weighted by Crippen LogP contribution is 2.34. The molecule has 1 aliphatic heterocycles. The molecular weight excluding hydrogens is 384 g/mol. The fourth-order valence-electron chi connectivity index (χ4n) is 2.45. The van der Waals surface area contributed by atoms with E-state index in [2.05, 4.69) is 10.0 Å². The number of ether oxygens (including phenoxy) is 3. The van der Waals surface area contributed by atoms with E-state index in [1.807, 2.05) is 6.92 Å². The molecule has 2 aromatic rings. The topological polar surface area (TPSA) is 103 Å². The molecule has 0 radical (unpaired) electrons. The van der Waals surface area contributed by atoms with E-state index in [-0.39, 0.29) is 30.2 Å². The molecule has 0 fully saturated rings. The van der Waals surface area contributed by atoms with Gasteiger partial charge in [0.1, 0.15) is 5.75 Å². The van der Waals surface area contributed by atoms with Gasteiger partial charge in [0.15, 0.2) is 18.1 Å². The molecule has 3 rings (SSSR count). The second-order valence-corrected chi connectivity index (χ2v) is 8.02. The van der Waals surface area contributed by atoms with Crippen molar-refractivity contribution in [2.45, 2.75) is 31.2 Å². The summed E-state index contributed by atoms with van der Waals surface area (Å²) in [6, 6.07) is 10.8. The Balaban J connectivity index is 1.54. The van der Waals surface area contributed by atoms with Crippen LogP contribution in [0.2, 0.25) is 0 Å². The van der Waals surface area contributed by atoms with E-state index >= 15 is 0 Å². The fraction of sp³-hybridized carbons (Fsp3) is 0.316. The second-order valence-electron chi connectivity index (χ2n) is 6.31. The van der Waals surface area contributed by atoms with Crippen LogP contribution >= 0.6 is 0 Å². The maximum Gasteiger partial charge on any atom is 0.262 e. The van der Waals surface area contributed by atoms with Gasteiger partial charge in [-0.25, -0.2) is 13.1 Å². The molecule has 0 bridgehead atoms. The molecule has 2 N–H and O–H groups in total. The van der Waals surface area contributed by atoms with E-state index < -0.39 is 10.0 Å². The lowest BCUT2D eigenvalue weighted by atomic mass is 10.3. The summed E-state index contributed by atoms with van der Waals surface area (Å²) < 4.78 is 42.9. The summed E-state index contributed by atoms with van der Waals surface area (Å²) in [6.07, 6.45) is 0.693. The maximum atomic E-state index is 12.2. The van der Waals surface area contributed by atoms with Gasteiger partial charge in [0.25, 0.3) is 5.91 Å². The number of hydrogen-bond acceptors (Lipinski definition) is 6. The number of sulfonamides is 1. The highest BCUT2D eigenvalue weighted by molar-refractivity contribution is 7.89. The molecule has 1 atom stereocenters. The molecule has 0 aromatic heterocycles. The number of benzene rings is 2. The van der Waals surface area contributed by atoms with Crippen molar-refractivity contribution in [1.29, 1.82) is 0 Å². The molecule has 150 valence electrons. The third kappa shape index (κ3) is 4.93. The Bertz CT molecular complexity index is 943. The van der Waals surface area contributed by atoms with Crippen molar-refractivity contribution in [3.63, 3.8) is 0 Å². The number of fused-ring (bicyclic) bond motifs is 1. The van der Waals surface area contributed by atoms with Crippen molar-refractivity contribution in [3.05, 3.63) is 42.5 Å². The highest BCUT2D eigenvalue weighted by Gasteiger charge is 2.17. The van der Waals surface area contributed by atoms with Crippen molar-refractivity contribution in [1.82, 2.24) is 4.72 Å². The Labute approximate surface area is 163 Å². The van der Waals surface area contributed by atoms with Gasteiger partial charge in [-0.15, -0.1) is 0 Å². The molecular formula is C19H22N2O6S. The number of carbonyl (C=O) groups is 1. The van der Waals surface area contributed by atoms with Crippen LogP contribution in [0.25, 0.3) is 0 Å². The van der Waals surface area contributed by atoms with Gasteiger partial charge < -0.3 is 19.5 Å². The zero-order valence-corrected chi connectivity index (χ0v) is 16.4. The van der Waals surface area contributed by atoms with Gasteiger partial charge in [-0.05, 0) is 49.7 Å². The summed E-state index contributed by atoms with van der Waals surface area (Å²) >= 11 is 0. The monoisotopic (exact) mass is 406 g/mol. The Morgan fingerprint density at radius 1 is 1.14 bits per heavy atom. The normalized spacial score (nSPS) is 13.8. The summed E-state index contributed by atoms with van der Waals surface area (Å²) in [6.45, 7) is 3.65. The highest BCUT2D eigenvalue weighted by atomic mass is 32.2. The minimum Gasteiger partial charge on any atom is -0.484 e. The molecule has 0 spiro atoms. The minimum atomic E-state index is -3.57. The van der Waals surface area contributed by atoms with Crippen molar-refractivity contribution in [3.8, 4) is 17.2 Å². The van der Waals surface area contributed by atoms with Gasteiger partial charge in [0, 0.05) is 17.8 Å². The first-order chi connectivity index (χ1) is 13.4. The summed E-state index contributed by atoms with van der Waals surface area (Å²) in [5, 5.41) is 2.70. The Morgan fingerprint density at radius 3 is 2.57 bits per heavy atom. The van der Waals surface area contributed by atoms with Crippen LogP contribution in [0, 0.1) is 0 Å². The number of amides is 1. The fourth-order valence-corrected chi connectivity index (χ4v) is 3.78. The zero-order chi connectivity index (χ0) is 20.1. The quantitative estimate of drug-likeness (QED) is 0.698. The SMILES string of the molecule is CC[C@@H](C)NS(=O)(=O)c1ccc(OCC(=O)Nc2ccc3c(c2)OCO3)cc1. The van der Waals surface area contributed by atoms with Gasteiger partial charge in [-0.2, -0.15) is 0 Å². The van der Waals surface area contributed by atoms with Gasteiger partial charge in [0.2, 0.25) is 16.8 Å². The third-order valence-electron chi connectivity index (χ3n) is 4.13. The molecule has 0 unspecified atom stereocenters. The smallest absolute Gasteiger partial charge is 0.262 e. The van der Waals surface area contributed by atoms with Gasteiger partial charge in [-0.1, -0.05) is 6.92 Å². The van der Waals surface area contributed by atoms with Crippen molar-refractivity contribution < 1.29 is 27.4 Å². The zero-order valence-electron chi connectivity index (χ0n) is 15.6. The van der Waals surface area contributed by atoms with Crippen LogP contribution in [0.1, 0.15) is 20.3 Å². The summed E-state index contributed by atoms with van der Waals surface area (Å²) in [5.41, 5.74) is 0.565. The van der Waals surface area contributed by atoms with Crippen molar-refractivity contribution >= 4 is 21.6 Å². The predicted molar refractivity (Wildman–Crippen MR) is 103 cm³/mol. The van der Waals surface area contributed by atoms with Crippen molar-refractivity contribution in [2.24, 2.45) is 0 Å². The summed E-state index contributed by atoms with van der Waals surface area (Å²) in [5.74, 6) is 1.24. The first-order valence-corrected chi connectivity index (χ1v) is 10.3. The Hall–Kier alpha value is -2.78. The van der Waals surface area contributed by atoms with Crippen LogP contribution in [-0.4, -0.2) is 33.8 Å². The van der Waals surface area contributed by atoms with Crippen LogP contribution in [0.15, 0.2) is 47.4 Å². The largest absolute Gasteiger partial charge is 0.484 e. The van der Waals surface area contributed by atoms with Crippen LogP contribution in [0.4, 0.5) is 5.69 Å². The first kappa shape index (κ1) is 20.0. The summed E-state index contributed by atoms with van der Waals surface area (Å²) in [7, 11) is -3.57. The number of hydrogen-bond donors (Lipinski definition) is 2. The van der Waals surface area contributed by atoms with E-state index in [0.29, 0.717) is 29.4 Å². The van der Waals surface area contributed by atoms with E-state index in [0.717, 1.165) is 0 Å². The molecule has 1 amide bonds. The molecule has 2 aromatic carbocycles. The molecule has 1 heterocycles. The average Bonchev–Trinajstić information content (AvgIpc) is 3.14. The molecule has 0 saturated carbocycles. The number of nitrogens with one attached hydrogen (secondary N) is 2. The second kappa shape index (κ2) is 8.49. The van der Waals surface area contributed by atoms with Crippen molar-refractivity contribution in [2.75, 3.05) is 18.7 Å². The third-order valence-corrected chi connectivity index (χ3v) is 5.73. The van der Waals surface area contributed by atoms with Gasteiger partial charge in [0.05, 0.1) is 4.90 Å². The molecule has 9 heteroatoms. The molecule has 28 heavy (non-hydrogen) atoms. The minimum absolute atomic E-state index is 0.143. The Morgan fingerprint density at radius 2 is 1.86 bits per heavy atom. The number of carbonyl (C=O) groups excluding carboxylic acids is 1. The summed E-state index contributed by atoms with van der Waals surface area (Å²) in [4.78, 5) is 12.2. The molecule has 0 aliphatic carbocycles. The van der Waals surface area contributed by atoms with E-state index in [1.165, 1.54) is 24.3 Å². The Kier molecular flexibility index (Phi) is 6.05. The standard InChI is InChI=1S/C19H22N2O6S/c1-3-13(2)21-28(23,24)16-7-5-15(6-8-16)25-11-19(22)20-14-4-9-17-18(10-14)27-12-26-17/h4-10,13,21H,3,11-12H2,1-2H3,(H,20,22)/t13-/m1/s1. The molecule has 8 nitrogen and oxygen atoms in total. The number of rotatable bonds is 8. The van der Waals surface area contributed by atoms with Gasteiger partial charge in [-0.3, -0.25) is 4.79 Å². The van der Waals surface area contributed by atoms with E-state index in [1.54, 1.807) is 25.1 Å².